The first-order valence-electron chi connectivity index (χ1n) is 7.11. The molecule has 1 aliphatic rings. The summed E-state index contributed by atoms with van der Waals surface area (Å²) in [6, 6.07) is 8.57. The van der Waals surface area contributed by atoms with Crippen LogP contribution in [0.3, 0.4) is 0 Å². The van der Waals surface area contributed by atoms with Gasteiger partial charge in [0.1, 0.15) is 0 Å². The largest absolute Gasteiger partial charge is 0.341 e. The van der Waals surface area contributed by atoms with E-state index in [1.807, 2.05) is 0 Å². The molecule has 20 heavy (non-hydrogen) atoms. The fourth-order valence-corrected chi connectivity index (χ4v) is 3.11. The molecule has 106 valence electrons. The van der Waals surface area contributed by atoms with Crippen molar-refractivity contribution in [3.05, 3.63) is 29.8 Å². The molecule has 3 rings (SSSR count). The second-order valence-electron chi connectivity index (χ2n) is 5.21. The lowest BCUT2D eigenvalue weighted by molar-refractivity contribution is 0.564. The summed E-state index contributed by atoms with van der Waals surface area (Å²) in [5.41, 5.74) is 2.41. The zero-order valence-electron chi connectivity index (χ0n) is 12.0. The predicted molar refractivity (Wildman–Crippen MR) is 83.9 cm³/mol. The van der Waals surface area contributed by atoms with Gasteiger partial charge in [-0.3, -0.25) is 4.57 Å². The maximum Gasteiger partial charge on any atom is 0.232 e. The minimum atomic E-state index is 0.953. The normalized spacial score (nSPS) is 15.6. The summed E-state index contributed by atoms with van der Waals surface area (Å²) in [6.07, 6.45) is 5.87. The maximum atomic E-state index is 4.43. The van der Waals surface area contributed by atoms with Crippen LogP contribution in [0.15, 0.2) is 29.4 Å². The number of nitrogens with zero attached hydrogens (tertiary/aromatic N) is 4. The zero-order valence-corrected chi connectivity index (χ0v) is 12.9. The number of piperidine rings is 1. The van der Waals surface area contributed by atoms with Gasteiger partial charge >= 0.3 is 0 Å². The molecule has 2 aromatic rings. The number of rotatable bonds is 3. The fourth-order valence-electron chi connectivity index (χ4n) is 2.61. The van der Waals surface area contributed by atoms with Crippen molar-refractivity contribution in [1.29, 1.82) is 0 Å². The van der Waals surface area contributed by atoms with E-state index >= 15 is 0 Å². The molecule has 1 aromatic heterocycles. The molecule has 1 aromatic carbocycles. The Morgan fingerprint density at radius 1 is 1.00 bits per heavy atom. The van der Waals surface area contributed by atoms with Crippen molar-refractivity contribution >= 4 is 17.7 Å². The van der Waals surface area contributed by atoms with E-state index in [1.54, 1.807) is 11.8 Å². The molecule has 1 aliphatic heterocycles. The zero-order chi connectivity index (χ0) is 13.9. The summed E-state index contributed by atoms with van der Waals surface area (Å²) in [4.78, 5) is 2.36. The standard InChI is InChI=1S/C15H20N4S/c1-12-6-8-13(9-7-12)19-14(16-17-15(19)20-2)18-10-4-3-5-11-18/h6-9H,3-5,10-11H2,1-2H3. The van der Waals surface area contributed by atoms with Gasteiger partial charge in [-0.15, -0.1) is 10.2 Å². The number of thioether (sulfide) groups is 1. The van der Waals surface area contributed by atoms with Gasteiger partial charge in [0.25, 0.3) is 0 Å². The van der Waals surface area contributed by atoms with E-state index in [-0.39, 0.29) is 0 Å². The monoisotopic (exact) mass is 288 g/mol. The minimum absolute atomic E-state index is 0.953. The molecule has 0 aliphatic carbocycles. The van der Waals surface area contributed by atoms with E-state index in [0.29, 0.717) is 0 Å². The number of benzene rings is 1. The molecule has 1 saturated heterocycles. The molecule has 0 bridgehead atoms. The van der Waals surface area contributed by atoms with Crippen molar-refractivity contribution in [2.24, 2.45) is 0 Å². The van der Waals surface area contributed by atoms with Crippen molar-refractivity contribution in [3.8, 4) is 5.69 Å². The van der Waals surface area contributed by atoms with E-state index in [1.165, 1.54) is 24.8 Å². The van der Waals surface area contributed by atoms with Crippen LogP contribution in [0.1, 0.15) is 24.8 Å². The Morgan fingerprint density at radius 2 is 1.70 bits per heavy atom. The van der Waals surface area contributed by atoms with Gasteiger partial charge < -0.3 is 4.90 Å². The summed E-state index contributed by atoms with van der Waals surface area (Å²) < 4.78 is 2.18. The van der Waals surface area contributed by atoms with Gasteiger partial charge in [-0.05, 0) is 44.6 Å². The summed E-state index contributed by atoms with van der Waals surface area (Å²) in [6.45, 7) is 4.27. The van der Waals surface area contributed by atoms with Crippen molar-refractivity contribution in [2.45, 2.75) is 31.3 Å². The molecule has 4 nitrogen and oxygen atoms in total. The number of aryl methyl sites for hydroxylation is 1. The van der Waals surface area contributed by atoms with Crippen LogP contribution in [-0.2, 0) is 0 Å². The lowest BCUT2D eigenvalue weighted by atomic mass is 10.1. The molecule has 0 radical (unpaired) electrons. The third-order valence-corrected chi connectivity index (χ3v) is 4.36. The first-order chi connectivity index (χ1) is 9.79. The lowest BCUT2D eigenvalue weighted by Gasteiger charge is -2.27. The highest BCUT2D eigenvalue weighted by Crippen LogP contribution is 2.27. The van der Waals surface area contributed by atoms with Gasteiger partial charge in [-0.1, -0.05) is 29.5 Å². The van der Waals surface area contributed by atoms with Gasteiger partial charge in [-0.2, -0.15) is 0 Å². The van der Waals surface area contributed by atoms with Crippen LogP contribution in [0.25, 0.3) is 5.69 Å². The molecule has 0 atom stereocenters. The van der Waals surface area contributed by atoms with Crippen molar-refractivity contribution in [1.82, 2.24) is 14.8 Å². The second-order valence-corrected chi connectivity index (χ2v) is 5.98. The smallest absolute Gasteiger partial charge is 0.232 e. The second kappa shape index (κ2) is 5.87. The molecule has 5 heteroatoms. The van der Waals surface area contributed by atoms with Gasteiger partial charge in [-0.25, -0.2) is 0 Å². The highest BCUT2D eigenvalue weighted by atomic mass is 32.2. The predicted octanol–water partition coefficient (Wildman–Crippen LogP) is 3.29. The molecular weight excluding hydrogens is 268 g/mol. The van der Waals surface area contributed by atoms with Gasteiger partial charge in [0.05, 0.1) is 5.69 Å². The van der Waals surface area contributed by atoms with E-state index in [4.69, 9.17) is 0 Å². The fraction of sp³-hybridized carbons (Fsp3) is 0.467. The quantitative estimate of drug-likeness (QED) is 0.812. The summed E-state index contributed by atoms with van der Waals surface area (Å²) in [5.74, 6) is 0.984. The molecule has 0 amide bonds. The number of aromatic nitrogens is 3. The Balaban J connectivity index is 2.02. The van der Waals surface area contributed by atoms with E-state index in [2.05, 4.69) is 57.1 Å². The highest BCUT2D eigenvalue weighted by Gasteiger charge is 2.20. The Bertz CT molecular complexity index is 570. The summed E-state index contributed by atoms with van der Waals surface area (Å²) in [7, 11) is 0. The molecular formula is C15H20N4S. The Labute approximate surface area is 124 Å². The first-order valence-corrected chi connectivity index (χ1v) is 8.33. The molecule has 0 unspecified atom stereocenters. The van der Waals surface area contributed by atoms with Gasteiger partial charge in [0.2, 0.25) is 5.95 Å². The van der Waals surface area contributed by atoms with E-state index < -0.39 is 0 Å². The van der Waals surface area contributed by atoms with Crippen molar-refractivity contribution in [3.63, 3.8) is 0 Å². The molecule has 1 fully saturated rings. The molecule has 0 saturated carbocycles. The first kappa shape index (κ1) is 13.5. The van der Waals surface area contributed by atoms with Gasteiger partial charge in [0, 0.05) is 13.1 Å². The van der Waals surface area contributed by atoms with E-state index in [0.717, 1.165) is 29.9 Å². The minimum Gasteiger partial charge on any atom is -0.341 e. The van der Waals surface area contributed by atoms with Gasteiger partial charge in [0.15, 0.2) is 5.16 Å². The van der Waals surface area contributed by atoms with Crippen LogP contribution in [0.2, 0.25) is 0 Å². The Morgan fingerprint density at radius 3 is 2.35 bits per heavy atom. The molecule has 2 heterocycles. The number of hydrogen-bond acceptors (Lipinski definition) is 4. The maximum absolute atomic E-state index is 4.43. The van der Waals surface area contributed by atoms with Crippen LogP contribution in [0, 0.1) is 6.92 Å². The van der Waals surface area contributed by atoms with Crippen LogP contribution < -0.4 is 4.90 Å². The van der Waals surface area contributed by atoms with Crippen LogP contribution in [0.4, 0.5) is 5.95 Å². The summed E-state index contributed by atoms with van der Waals surface area (Å²) in [5, 5.41) is 9.72. The van der Waals surface area contributed by atoms with Crippen molar-refractivity contribution in [2.75, 3.05) is 24.2 Å². The average Bonchev–Trinajstić information content (AvgIpc) is 2.93. The number of anilines is 1. The average molecular weight is 288 g/mol. The lowest BCUT2D eigenvalue weighted by Crippen LogP contribution is -2.31. The topological polar surface area (TPSA) is 34.0 Å². The molecule has 0 spiro atoms. The Kier molecular flexibility index (Phi) is 3.96. The highest BCUT2D eigenvalue weighted by molar-refractivity contribution is 7.98. The van der Waals surface area contributed by atoms with Crippen LogP contribution in [-0.4, -0.2) is 34.1 Å². The Hall–Kier alpha value is -1.49. The third kappa shape index (κ3) is 2.54. The molecule has 0 N–H and O–H groups in total. The third-order valence-electron chi connectivity index (χ3n) is 3.73. The van der Waals surface area contributed by atoms with Crippen LogP contribution >= 0.6 is 11.8 Å². The number of hydrogen-bond donors (Lipinski definition) is 0. The van der Waals surface area contributed by atoms with Crippen LogP contribution in [0.5, 0.6) is 0 Å². The van der Waals surface area contributed by atoms with E-state index in [9.17, 15) is 0 Å². The van der Waals surface area contributed by atoms with Crippen molar-refractivity contribution < 1.29 is 0 Å². The SMILES string of the molecule is CSc1nnc(N2CCCCC2)n1-c1ccc(C)cc1. The summed E-state index contributed by atoms with van der Waals surface area (Å²) >= 11 is 1.64.